The van der Waals surface area contributed by atoms with Crippen LogP contribution in [-0.4, -0.2) is 41.0 Å². The molecule has 4 heteroatoms. The highest BCUT2D eigenvalue weighted by Gasteiger charge is 2.22. The van der Waals surface area contributed by atoms with E-state index >= 15 is 0 Å². The lowest BCUT2D eigenvalue weighted by Crippen LogP contribution is -2.35. The van der Waals surface area contributed by atoms with Gasteiger partial charge in [-0.1, -0.05) is 45.5 Å². The van der Waals surface area contributed by atoms with Crippen LogP contribution >= 0.6 is 0 Å². The zero-order chi connectivity index (χ0) is 16.6. The summed E-state index contributed by atoms with van der Waals surface area (Å²) < 4.78 is 7.45. The molecule has 0 saturated carbocycles. The van der Waals surface area contributed by atoms with E-state index in [0.717, 1.165) is 44.1 Å². The number of fused-ring (bicyclic) bond motifs is 1. The number of ether oxygens (including phenoxy) is 1. The third kappa shape index (κ3) is 3.13. The third-order valence-electron chi connectivity index (χ3n) is 4.58. The molecule has 1 saturated heterocycles. The van der Waals surface area contributed by atoms with Gasteiger partial charge in [0.05, 0.1) is 24.4 Å². The summed E-state index contributed by atoms with van der Waals surface area (Å²) in [4.78, 5) is 2.32. The molecule has 0 amide bonds. The molecule has 1 fully saturated rings. The molecule has 1 aromatic carbocycles. The van der Waals surface area contributed by atoms with Gasteiger partial charge < -0.3 is 9.64 Å². The molecule has 0 bridgehead atoms. The van der Waals surface area contributed by atoms with E-state index in [1.54, 1.807) is 0 Å². The maximum Gasteiger partial charge on any atom is 0.0761 e. The van der Waals surface area contributed by atoms with Gasteiger partial charge in [0, 0.05) is 37.6 Å². The second kappa shape index (κ2) is 6.00. The molecule has 2 aromatic rings. The number of benzene rings is 1. The summed E-state index contributed by atoms with van der Waals surface area (Å²) in [6.07, 6.45) is 0.797. The quantitative estimate of drug-likeness (QED) is 0.871. The van der Waals surface area contributed by atoms with Crippen LogP contribution in [-0.2, 0) is 23.6 Å². The first-order valence-corrected chi connectivity index (χ1v) is 8.33. The summed E-state index contributed by atoms with van der Waals surface area (Å²) in [7, 11) is 2.04. The molecule has 3 rings (SSSR count). The van der Waals surface area contributed by atoms with Crippen molar-refractivity contribution >= 4 is 10.9 Å². The van der Waals surface area contributed by atoms with Gasteiger partial charge in [0.25, 0.3) is 0 Å². The molecule has 23 heavy (non-hydrogen) atoms. The van der Waals surface area contributed by atoms with Crippen molar-refractivity contribution in [2.75, 3.05) is 26.3 Å². The average Bonchev–Trinajstić information content (AvgIpc) is 2.83. The maximum atomic E-state index is 5.43. The Hall–Kier alpha value is -1.81. The second-order valence-corrected chi connectivity index (χ2v) is 7.36. The number of nitrogens with zero attached hydrogens (tertiary/aromatic N) is 3. The molecule has 1 aromatic heterocycles. The van der Waals surface area contributed by atoms with Crippen molar-refractivity contribution in [2.45, 2.75) is 32.6 Å². The lowest BCUT2D eigenvalue weighted by molar-refractivity contribution is 0.0528. The lowest BCUT2D eigenvalue weighted by atomic mass is 9.85. The van der Waals surface area contributed by atoms with E-state index in [0.29, 0.717) is 0 Å². The van der Waals surface area contributed by atoms with E-state index in [2.05, 4.69) is 50.4 Å². The highest BCUT2D eigenvalue weighted by atomic mass is 16.5. The molecule has 0 spiro atoms. The molecule has 0 N–H and O–H groups in total. The Kier molecular flexibility index (Phi) is 4.19. The predicted octanol–water partition coefficient (Wildman–Crippen LogP) is 3.26. The van der Waals surface area contributed by atoms with Crippen LogP contribution in [0, 0.1) is 0 Å². The van der Waals surface area contributed by atoms with Gasteiger partial charge in [0.15, 0.2) is 0 Å². The molecule has 1 aliphatic heterocycles. The Morgan fingerprint density at radius 1 is 1.26 bits per heavy atom. The second-order valence-electron chi connectivity index (χ2n) is 7.36. The minimum Gasteiger partial charge on any atom is -0.378 e. The smallest absolute Gasteiger partial charge is 0.0761 e. The van der Waals surface area contributed by atoms with Crippen LogP contribution in [0.15, 0.2) is 30.5 Å². The fourth-order valence-corrected chi connectivity index (χ4v) is 3.33. The molecule has 0 aliphatic carbocycles. The van der Waals surface area contributed by atoms with Crippen molar-refractivity contribution < 1.29 is 4.74 Å². The van der Waals surface area contributed by atoms with Crippen LogP contribution in [0.3, 0.4) is 0 Å². The zero-order valence-electron chi connectivity index (χ0n) is 14.7. The number of aromatic nitrogens is 2. The Morgan fingerprint density at radius 3 is 2.61 bits per heavy atom. The topological polar surface area (TPSA) is 30.3 Å². The number of aryl methyl sites for hydroxylation is 1. The molecule has 0 atom stereocenters. The lowest BCUT2D eigenvalue weighted by Gasteiger charge is -2.30. The van der Waals surface area contributed by atoms with Crippen LogP contribution in [0.2, 0.25) is 0 Å². The normalized spacial score (nSPS) is 16.1. The van der Waals surface area contributed by atoms with Crippen molar-refractivity contribution in [3.63, 3.8) is 0 Å². The van der Waals surface area contributed by atoms with Crippen molar-refractivity contribution in [1.29, 1.82) is 0 Å². The van der Waals surface area contributed by atoms with E-state index < -0.39 is 0 Å². The largest absolute Gasteiger partial charge is 0.378 e. The summed E-state index contributed by atoms with van der Waals surface area (Å²) >= 11 is 0. The van der Waals surface area contributed by atoms with Crippen molar-refractivity contribution in [3.05, 3.63) is 41.7 Å². The number of para-hydroxylation sites is 1. The summed E-state index contributed by atoms with van der Waals surface area (Å²) in [6, 6.07) is 6.54. The first-order valence-electron chi connectivity index (χ1n) is 8.33. The average molecular weight is 313 g/mol. The molecule has 2 heterocycles. The first kappa shape index (κ1) is 16.1. The van der Waals surface area contributed by atoms with Gasteiger partial charge in [-0.3, -0.25) is 4.68 Å². The fourth-order valence-electron chi connectivity index (χ4n) is 3.33. The zero-order valence-corrected chi connectivity index (χ0v) is 14.7. The number of hydrogen-bond acceptors (Lipinski definition) is 3. The number of hydrogen-bond donors (Lipinski definition) is 0. The molecular weight excluding hydrogens is 286 g/mol. The maximum absolute atomic E-state index is 5.43. The number of rotatable bonds is 3. The molecule has 0 radical (unpaired) electrons. The Morgan fingerprint density at radius 2 is 1.96 bits per heavy atom. The van der Waals surface area contributed by atoms with E-state index in [4.69, 9.17) is 9.84 Å². The summed E-state index contributed by atoms with van der Waals surface area (Å²) in [5.41, 5.74) is 4.93. The van der Waals surface area contributed by atoms with E-state index in [1.807, 2.05) is 11.7 Å². The molecule has 1 aliphatic rings. The van der Waals surface area contributed by atoms with E-state index in [1.165, 1.54) is 16.5 Å². The summed E-state index contributed by atoms with van der Waals surface area (Å²) in [6.45, 7) is 14.5. The Labute approximate surface area is 138 Å². The highest BCUT2D eigenvalue weighted by Crippen LogP contribution is 2.31. The summed E-state index contributed by atoms with van der Waals surface area (Å²) in [5, 5.41) is 6.04. The minimum absolute atomic E-state index is 0.103. The monoisotopic (exact) mass is 313 g/mol. The molecule has 124 valence electrons. The van der Waals surface area contributed by atoms with Gasteiger partial charge in [0.1, 0.15) is 0 Å². The predicted molar refractivity (Wildman–Crippen MR) is 94.7 cm³/mol. The SMILES string of the molecule is C=C(Cc1nn(C)c2c(C(C)(C)C)cccc12)N1CCOCC1. The van der Waals surface area contributed by atoms with Crippen LogP contribution in [0.5, 0.6) is 0 Å². The molecular formula is C19H27N3O. The van der Waals surface area contributed by atoms with Gasteiger partial charge in [0.2, 0.25) is 0 Å². The fraction of sp³-hybridized carbons (Fsp3) is 0.526. The van der Waals surface area contributed by atoms with Crippen molar-refractivity contribution in [1.82, 2.24) is 14.7 Å². The number of morpholine rings is 1. The Balaban J connectivity index is 1.95. The third-order valence-corrected chi connectivity index (χ3v) is 4.58. The highest BCUT2D eigenvalue weighted by molar-refractivity contribution is 5.86. The van der Waals surface area contributed by atoms with Gasteiger partial charge in [-0.05, 0) is 11.0 Å². The number of allylic oxidation sites excluding steroid dienone is 1. The molecule has 0 unspecified atom stereocenters. The first-order chi connectivity index (χ1) is 10.9. The molecule has 4 nitrogen and oxygen atoms in total. The van der Waals surface area contributed by atoms with E-state index in [-0.39, 0.29) is 5.41 Å². The van der Waals surface area contributed by atoms with Gasteiger partial charge in [-0.15, -0.1) is 0 Å². The van der Waals surface area contributed by atoms with Gasteiger partial charge in [-0.25, -0.2) is 0 Å². The van der Waals surface area contributed by atoms with Crippen molar-refractivity contribution in [3.8, 4) is 0 Å². The van der Waals surface area contributed by atoms with Crippen LogP contribution < -0.4 is 0 Å². The van der Waals surface area contributed by atoms with Gasteiger partial charge in [-0.2, -0.15) is 5.10 Å². The van der Waals surface area contributed by atoms with Gasteiger partial charge >= 0.3 is 0 Å². The van der Waals surface area contributed by atoms with Crippen LogP contribution in [0.1, 0.15) is 32.0 Å². The van der Waals surface area contributed by atoms with Crippen LogP contribution in [0.4, 0.5) is 0 Å². The van der Waals surface area contributed by atoms with Crippen molar-refractivity contribution in [2.24, 2.45) is 7.05 Å². The standard InChI is InChI=1S/C19H27N3O/c1-14(22-9-11-23-12-10-22)13-17-15-7-6-8-16(19(2,3)4)18(15)21(5)20-17/h6-8H,1,9-13H2,2-5H3. The summed E-state index contributed by atoms with van der Waals surface area (Å²) in [5.74, 6) is 0. The van der Waals surface area contributed by atoms with Crippen LogP contribution in [0.25, 0.3) is 10.9 Å². The Bertz CT molecular complexity index is 718. The van der Waals surface area contributed by atoms with E-state index in [9.17, 15) is 0 Å². The minimum atomic E-state index is 0.103.